The molecule has 0 radical (unpaired) electrons. The predicted octanol–water partition coefficient (Wildman–Crippen LogP) is 3.78. The van der Waals surface area contributed by atoms with Crippen molar-refractivity contribution in [1.29, 1.82) is 0 Å². The molecule has 0 spiro atoms. The third kappa shape index (κ3) is 7.17. The van der Waals surface area contributed by atoms with Crippen molar-refractivity contribution >= 4 is 53.0 Å². The molecule has 1 aliphatic heterocycles. The summed E-state index contributed by atoms with van der Waals surface area (Å²) in [6.45, 7) is 3.40. The van der Waals surface area contributed by atoms with E-state index in [2.05, 4.69) is 10.6 Å². The average molecular weight is 667 g/mol. The maximum atomic E-state index is 14.0. The number of sulfonamides is 2. The number of anilines is 2. The normalized spacial score (nSPS) is 17.1. The van der Waals surface area contributed by atoms with Gasteiger partial charge in [-0.2, -0.15) is 8.61 Å². The summed E-state index contributed by atoms with van der Waals surface area (Å²) >= 11 is 0. The molecule has 1 aliphatic rings. The third-order valence-corrected chi connectivity index (χ3v) is 12.4. The Bertz CT molecular complexity index is 1730. The fraction of sp³-hybridized carbons (Fsp3) is 0.412. The minimum absolute atomic E-state index is 0.315. The number of fused-ring (bicyclic) bond motifs is 2. The molecule has 2 N–H and O–H groups in total. The van der Waals surface area contributed by atoms with Crippen LogP contribution in [0.1, 0.15) is 12.8 Å². The van der Waals surface area contributed by atoms with E-state index in [-0.39, 0.29) is 0 Å². The Balaban J connectivity index is 1.31. The fourth-order valence-corrected chi connectivity index (χ4v) is 9.53. The molecule has 0 bridgehead atoms. The molecule has 1 fully saturated rings. The van der Waals surface area contributed by atoms with Crippen LogP contribution in [0.15, 0.2) is 82.6 Å². The molecule has 10 nitrogen and oxygen atoms in total. The van der Waals surface area contributed by atoms with Gasteiger partial charge in [0.2, 0.25) is 20.0 Å². The summed E-state index contributed by atoms with van der Waals surface area (Å²) in [4.78, 5) is 4.61. The largest absolute Gasteiger partial charge is 0.377 e. The minimum Gasteiger partial charge on any atom is -0.377 e. The molecular formula is C34H46N6O4S2. The predicted molar refractivity (Wildman–Crippen MR) is 189 cm³/mol. The van der Waals surface area contributed by atoms with Gasteiger partial charge in [-0.25, -0.2) is 16.8 Å². The molecule has 0 saturated carbocycles. The molecule has 1 heterocycles. The highest BCUT2D eigenvalue weighted by atomic mass is 32.2. The molecule has 4 aromatic rings. The molecule has 0 amide bonds. The monoisotopic (exact) mass is 666 g/mol. The van der Waals surface area contributed by atoms with Gasteiger partial charge in [-0.3, -0.25) is 0 Å². The highest BCUT2D eigenvalue weighted by molar-refractivity contribution is 7.89. The first-order valence-electron chi connectivity index (χ1n) is 15.8. The molecule has 0 unspecified atom stereocenters. The summed E-state index contributed by atoms with van der Waals surface area (Å²) in [6.07, 6.45) is 1.19. The molecule has 248 valence electrons. The van der Waals surface area contributed by atoms with Crippen LogP contribution in [0, 0.1) is 0 Å². The Morgan fingerprint density at radius 2 is 0.870 bits per heavy atom. The van der Waals surface area contributed by atoms with E-state index in [1.54, 1.807) is 20.7 Å². The van der Waals surface area contributed by atoms with Crippen molar-refractivity contribution in [1.82, 2.24) is 19.2 Å². The van der Waals surface area contributed by atoms with Crippen molar-refractivity contribution in [3.63, 3.8) is 0 Å². The van der Waals surface area contributed by atoms with Crippen LogP contribution in [0.3, 0.4) is 0 Å². The Hall–Kier alpha value is -3.26. The zero-order valence-corrected chi connectivity index (χ0v) is 28.9. The van der Waals surface area contributed by atoms with Crippen LogP contribution in [0.25, 0.3) is 21.5 Å². The SMILES string of the molecule is CN(C)c1cccc2c(S(=O)(=O)N3CCCNCCN(S(=O)(=O)c4cccc5c(N(C)C)cccc45)CCCNCC3)cccc12. The van der Waals surface area contributed by atoms with E-state index in [1.807, 2.05) is 98.7 Å². The number of hydrogen-bond donors (Lipinski definition) is 2. The van der Waals surface area contributed by atoms with Crippen molar-refractivity contribution in [3.8, 4) is 0 Å². The maximum Gasteiger partial charge on any atom is 0.243 e. The molecule has 4 aromatic carbocycles. The second kappa shape index (κ2) is 14.7. The van der Waals surface area contributed by atoms with Gasteiger partial charge in [0.25, 0.3) is 0 Å². The maximum absolute atomic E-state index is 14.0. The highest BCUT2D eigenvalue weighted by Gasteiger charge is 2.28. The number of nitrogens with zero attached hydrogens (tertiary/aromatic N) is 4. The Morgan fingerprint density at radius 3 is 1.26 bits per heavy atom. The van der Waals surface area contributed by atoms with Crippen LogP contribution in [0.5, 0.6) is 0 Å². The first kappa shape index (κ1) is 34.1. The van der Waals surface area contributed by atoms with Gasteiger partial charge in [-0.15, -0.1) is 0 Å². The van der Waals surface area contributed by atoms with Crippen LogP contribution in [0.4, 0.5) is 11.4 Å². The lowest BCUT2D eigenvalue weighted by Crippen LogP contribution is -2.42. The van der Waals surface area contributed by atoms with Crippen molar-refractivity contribution < 1.29 is 16.8 Å². The molecular weight excluding hydrogens is 621 g/mol. The van der Waals surface area contributed by atoms with E-state index in [4.69, 9.17) is 0 Å². The number of benzene rings is 4. The third-order valence-electron chi connectivity index (χ3n) is 8.52. The second-order valence-electron chi connectivity index (χ2n) is 12.1. The fourth-order valence-electron chi connectivity index (χ4n) is 6.16. The Morgan fingerprint density at radius 1 is 0.500 bits per heavy atom. The minimum atomic E-state index is -3.76. The zero-order valence-electron chi connectivity index (χ0n) is 27.2. The van der Waals surface area contributed by atoms with Crippen molar-refractivity contribution in [2.75, 3.05) is 90.3 Å². The van der Waals surface area contributed by atoms with Crippen LogP contribution >= 0.6 is 0 Å². The van der Waals surface area contributed by atoms with E-state index >= 15 is 0 Å². The second-order valence-corrected chi connectivity index (χ2v) is 15.9. The highest BCUT2D eigenvalue weighted by Crippen LogP contribution is 2.33. The summed E-state index contributed by atoms with van der Waals surface area (Å²) in [5, 5.41) is 9.94. The number of nitrogens with one attached hydrogen (secondary N) is 2. The van der Waals surface area contributed by atoms with Crippen molar-refractivity contribution in [2.24, 2.45) is 0 Å². The summed E-state index contributed by atoms with van der Waals surface area (Å²) in [5.74, 6) is 0. The molecule has 46 heavy (non-hydrogen) atoms. The van der Waals surface area contributed by atoms with Gasteiger partial charge in [-0.1, -0.05) is 48.5 Å². The summed E-state index contributed by atoms with van der Waals surface area (Å²) in [7, 11) is 0.283. The van der Waals surface area contributed by atoms with Gasteiger partial charge >= 0.3 is 0 Å². The van der Waals surface area contributed by atoms with Gasteiger partial charge in [0, 0.05) is 100 Å². The molecule has 0 atom stereocenters. The smallest absolute Gasteiger partial charge is 0.243 e. The van der Waals surface area contributed by atoms with Gasteiger partial charge in [0.15, 0.2) is 0 Å². The Kier molecular flexibility index (Phi) is 10.9. The standard InChI is InChI=1S/C34H46N6O4S2/c1-37(2)31-15-5-13-29-27(31)11-7-17-33(29)45(41,42)39-23-9-19-36-22-26-40(24-10-20-35-21-25-39)46(43,44)34-18-8-12-28-30(34)14-6-16-32(28)38(3)4/h5-8,11-18,35-36H,9-10,19-26H2,1-4H3. The Labute approximate surface area is 274 Å². The number of hydrogen-bond acceptors (Lipinski definition) is 8. The molecule has 0 aliphatic carbocycles. The summed E-state index contributed by atoms with van der Waals surface area (Å²) in [6, 6.07) is 22.5. The van der Waals surface area contributed by atoms with Crippen LogP contribution < -0.4 is 20.4 Å². The summed E-state index contributed by atoms with van der Waals surface area (Å²) in [5.41, 5.74) is 1.94. The first-order chi connectivity index (χ1) is 22.0. The van der Waals surface area contributed by atoms with E-state index in [0.29, 0.717) is 85.8 Å². The lowest BCUT2D eigenvalue weighted by Gasteiger charge is -2.26. The van der Waals surface area contributed by atoms with Crippen molar-refractivity contribution in [2.45, 2.75) is 22.6 Å². The molecule has 1 saturated heterocycles. The number of rotatable bonds is 6. The zero-order chi connectivity index (χ0) is 32.9. The van der Waals surface area contributed by atoms with Crippen LogP contribution in [0.2, 0.25) is 0 Å². The van der Waals surface area contributed by atoms with Gasteiger partial charge in [-0.05, 0) is 50.2 Å². The van der Waals surface area contributed by atoms with Gasteiger partial charge in [0.1, 0.15) is 0 Å². The van der Waals surface area contributed by atoms with Crippen LogP contribution in [-0.4, -0.2) is 106 Å². The quantitative estimate of drug-likeness (QED) is 0.321. The lowest BCUT2D eigenvalue weighted by molar-refractivity contribution is 0.367. The van der Waals surface area contributed by atoms with E-state index in [0.717, 1.165) is 22.1 Å². The lowest BCUT2D eigenvalue weighted by atomic mass is 10.1. The first-order valence-corrected chi connectivity index (χ1v) is 18.7. The summed E-state index contributed by atoms with van der Waals surface area (Å²) < 4.78 is 59.3. The molecule has 12 heteroatoms. The molecule has 0 aromatic heterocycles. The molecule has 5 rings (SSSR count). The van der Waals surface area contributed by atoms with Gasteiger partial charge < -0.3 is 20.4 Å². The topological polar surface area (TPSA) is 105 Å². The van der Waals surface area contributed by atoms with E-state index in [1.165, 1.54) is 0 Å². The van der Waals surface area contributed by atoms with Crippen molar-refractivity contribution in [3.05, 3.63) is 72.8 Å². The average Bonchev–Trinajstić information content (AvgIpc) is 3.04. The van der Waals surface area contributed by atoms with E-state index < -0.39 is 20.0 Å². The van der Waals surface area contributed by atoms with E-state index in [9.17, 15) is 16.8 Å². The van der Waals surface area contributed by atoms with Gasteiger partial charge in [0.05, 0.1) is 9.79 Å². The van der Waals surface area contributed by atoms with Crippen LogP contribution in [-0.2, 0) is 20.0 Å².